The molecule has 0 N–H and O–H groups in total. The molecule has 3 atom stereocenters. The van der Waals surface area contributed by atoms with Crippen LogP contribution in [0.25, 0.3) is 0 Å². The van der Waals surface area contributed by atoms with Crippen LogP contribution < -0.4 is 0 Å². The number of fused-ring (bicyclic) bond motifs is 2. The summed E-state index contributed by atoms with van der Waals surface area (Å²) in [5.41, 5.74) is 0.948. The molecular formula is C9H14. The molecule has 3 aliphatic carbocycles. The van der Waals surface area contributed by atoms with Crippen molar-refractivity contribution in [2.75, 3.05) is 0 Å². The number of hydrogen-bond acceptors (Lipinski definition) is 0. The first-order chi connectivity index (χ1) is 4.33. The molecule has 0 saturated heterocycles. The van der Waals surface area contributed by atoms with Gasteiger partial charge in [0.25, 0.3) is 0 Å². The lowest BCUT2D eigenvalue weighted by Gasteiger charge is -2.07. The average molecular weight is 122 g/mol. The fourth-order valence-electron chi connectivity index (χ4n) is 3.36. The van der Waals surface area contributed by atoms with E-state index in [4.69, 9.17) is 0 Å². The topological polar surface area (TPSA) is 0 Å². The van der Waals surface area contributed by atoms with Gasteiger partial charge in [-0.1, -0.05) is 6.92 Å². The zero-order valence-corrected chi connectivity index (χ0v) is 6.06. The lowest BCUT2D eigenvalue weighted by molar-refractivity contribution is 0.422. The van der Waals surface area contributed by atoms with E-state index < -0.39 is 0 Å². The molecule has 0 amide bonds. The van der Waals surface area contributed by atoms with E-state index in [0.717, 1.165) is 11.3 Å². The fourth-order valence-corrected chi connectivity index (χ4v) is 3.36. The SMILES string of the molecule is CC1C2CCC3(CC3)C12. The number of rotatable bonds is 0. The van der Waals surface area contributed by atoms with E-state index in [0.29, 0.717) is 0 Å². The minimum Gasteiger partial charge on any atom is -0.0619 e. The fraction of sp³-hybridized carbons (Fsp3) is 1.00. The second kappa shape index (κ2) is 1.09. The Morgan fingerprint density at radius 2 is 2.00 bits per heavy atom. The van der Waals surface area contributed by atoms with Crippen molar-refractivity contribution in [2.45, 2.75) is 32.6 Å². The predicted octanol–water partition coefficient (Wildman–Crippen LogP) is 2.44. The van der Waals surface area contributed by atoms with Gasteiger partial charge < -0.3 is 0 Å². The van der Waals surface area contributed by atoms with Crippen molar-refractivity contribution in [3.8, 4) is 0 Å². The number of hydrogen-bond donors (Lipinski definition) is 0. The van der Waals surface area contributed by atoms with E-state index in [1.54, 1.807) is 25.7 Å². The minimum absolute atomic E-state index is 0.948. The van der Waals surface area contributed by atoms with Crippen molar-refractivity contribution in [2.24, 2.45) is 23.2 Å². The Labute approximate surface area is 56.6 Å². The summed E-state index contributed by atoms with van der Waals surface area (Å²) in [5.74, 6) is 3.52. The van der Waals surface area contributed by atoms with Gasteiger partial charge >= 0.3 is 0 Å². The lowest BCUT2D eigenvalue weighted by Crippen LogP contribution is -1.99. The van der Waals surface area contributed by atoms with Crippen LogP contribution in [0.5, 0.6) is 0 Å². The second-order valence-electron chi connectivity index (χ2n) is 4.45. The highest BCUT2D eigenvalue weighted by Gasteiger charge is 2.67. The van der Waals surface area contributed by atoms with Crippen LogP contribution in [0.2, 0.25) is 0 Å². The molecule has 3 aliphatic rings. The zero-order chi connectivity index (χ0) is 6.06. The van der Waals surface area contributed by atoms with E-state index in [2.05, 4.69) is 6.92 Å². The van der Waals surface area contributed by atoms with Crippen LogP contribution >= 0.6 is 0 Å². The molecule has 0 heteroatoms. The van der Waals surface area contributed by atoms with Crippen LogP contribution in [0.15, 0.2) is 0 Å². The first kappa shape index (κ1) is 4.76. The summed E-state index contributed by atoms with van der Waals surface area (Å²) in [6.07, 6.45) is 6.33. The molecule has 0 aromatic carbocycles. The molecule has 0 nitrogen and oxygen atoms in total. The Morgan fingerprint density at radius 1 is 1.22 bits per heavy atom. The minimum atomic E-state index is 0.948. The molecule has 0 radical (unpaired) electrons. The highest BCUT2D eigenvalue weighted by atomic mass is 14.7. The van der Waals surface area contributed by atoms with Gasteiger partial charge in [0.2, 0.25) is 0 Å². The Balaban J connectivity index is 1.93. The van der Waals surface area contributed by atoms with Gasteiger partial charge in [-0.3, -0.25) is 0 Å². The zero-order valence-electron chi connectivity index (χ0n) is 6.06. The van der Waals surface area contributed by atoms with Crippen LogP contribution in [-0.4, -0.2) is 0 Å². The van der Waals surface area contributed by atoms with Crippen molar-refractivity contribution in [1.29, 1.82) is 0 Å². The van der Waals surface area contributed by atoms with Crippen LogP contribution in [0.3, 0.4) is 0 Å². The van der Waals surface area contributed by atoms with E-state index in [9.17, 15) is 0 Å². The van der Waals surface area contributed by atoms with Crippen LogP contribution in [0.4, 0.5) is 0 Å². The first-order valence-corrected chi connectivity index (χ1v) is 4.33. The molecule has 3 fully saturated rings. The van der Waals surface area contributed by atoms with Gasteiger partial charge in [-0.25, -0.2) is 0 Å². The van der Waals surface area contributed by atoms with E-state index in [1.807, 2.05) is 0 Å². The molecule has 9 heavy (non-hydrogen) atoms. The molecule has 3 rings (SSSR count). The summed E-state index contributed by atoms with van der Waals surface area (Å²) in [4.78, 5) is 0. The molecule has 3 saturated carbocycles. The summed E-state index contributed by atoms with van der Waals surface area (Å²) in [6.45, 7) is 2.45. The molecule has 0 aromatic heterocycles. The largest absolute Gasteiger partial charge is 0.0619 e. The molecule has 1 spiro atoms. The summed E-state index contributed by atoms with van der Waals surface area (Å²) < 4.78 is 0. The maximum atomic E-state index is 2.45. The molecule has 0 bridgehead atoms. The van der Waals surface area contributed by atoms with Crippen molar-refractivity contribution in [3.63, 3.8) is 0 Å². The highest BCUT2D eigenvalue weighted by molar-refractivity contribution is 5.16. The van der Waals surface area contributed by atoms with Gasteiger partial charge in [0, 0.05) is 0 Å². The maximum absolute atomic E-state index is 2.45. The Kier molecular flexibility index (Phi) is 0.574. The third kappa shape index (κ3) is 0.395. The summed E-state index contributed by atoms with van der Waals surface area (Å²) in [7, 11) is 0. The van der Waals surface area contributed by atoms with Crippen molar-refractivity contribution in [1.82, 2.24) is 0 Å². The molecule has 0 aliphatic heterocycles. The van der Waals surface area contributed by atoms with Gasteiger partial charge in [-0.05, 0) is 48.9 Å². The van der Waals surface area contributed by atoms with Crippen LogP contribution in [0.1, 0.15) is 32.6 Å². The monoisotopic (exact) mass is 122 g/mol. The first-order valence-electron chi connectivity index (χ1n) is 4.33. The molecular weight excluding hydrogens is 108 g/mol. The molecule has 50 valence electrons. The van der Waals surface area contributed by atoms with Gasteiger partial charge in [-0.2, -0.15) is 0 Å². The van der Waals surface area contributed by atoms with Gasteiger partial charge in [0.1, 0.15) is 0 Å². The summed E-state index contributed by atoms with van der Waals surface area (Å²) in [6, 6.07) is 0. The van der Waals surface area contributed by atoms with Crippen molar-refractivity contribution < 1.29 is 0 Å². The Morgan fingerprint density at radius 3 is 2.33 bits per heavy atom. The standard InChI is InChI=1S/C9H14/c1-6-7-2-3-9(4-5-9)8(6)7/h6-8H,2-5H2,1H3. The van der Waals surface area contributed by atoms with E-state index >= 15 is 0 Å². The van der Waals surface area contributed by atoms with E-state index in [-0.39, 0.29) is 0 Å². The normalized spacial score (nSPS) is 57.7. The van der Waals surface area contributed by atoms with Crippen LogP contribution in [-0.2, 0) is 0 Å². The third-order valence-electron chi connectivity index (χ3n) is 4.14. The quantitative estimate of drug-likeness (QED) is 0.463. The summed E-state index contributed by atoms with van der Waals surface area (Å²) in [5, 5.41) is 0. The average Bonchev–Trinajstić information content (AvgIpc) is 2.55. The Bertz CT molecular complexity index is 155. The second-order valence-corrected chi connectivity index (χ2v) is 4.45. The van der Waals surface area contributed by atoms with Gasteiger partial charge in [0.15, 0.2) is 0 Å². The third-order valence-corrected chi connectivity index (χ3v) is 4.14. The smallest absolute Gasteiger partial charge is 0.0263 e. The predicted molar refractivity (Wildman–Crippen MR) is 37.0 cm³/mol. The van der Waals surface area contributed by atoms with E-state index in [1.165, 1.54) is 11.8 Å². The summed E-state index contributed by atoms with van der Waals surface area (Å²) >= 11 is 0. The van der Waals surface area contributed by atoms with Crippen molar-refractivity contribution >= 4 is 0 Å². The Hall–Kier alpha value is 0. The molecule has 3 unspecified atom stereocenters. The van der Waals surface area contributed by atoms with Gasteiger partial charge in [-0.15, -0.1) is 0 Å². The highest BCUT2D eigenvalue weighted by Crippen LogP contribution is 2.75. The van der Waals surface area contributed by atoms with Crippen LogP contribution in [0, 0.1) is 23.2 Å². The van der Waals surface area contributed by atoms with Gasteiger partial charge in [0.05, 0.1) is 0 Å². The van der Waals surface area contributed by atoms with Crippen molar-refractivity contribution in [3.05, 3.63) is 0 Å². The lowest BCUT2D eigenvalue weighted by atomic mass is 9.98. The molecule has 0 heterocycles. The molecule has 0 aromatic rings. The maximum Gasteiger partial charge on any atom is -0.0263 e.